The third kappa shape index (κ3) is 6.46. The zero-order valence-corrected chi connectivity index (χ0v) is 23.2. The van der Waals surface area contributed by atoms with Crippen LogP contribution in [0.2, 0.25) is 0 Å². The van der Waals surface area contributed by atoms with E-state index in [0.29, 0.717) is 36.8 Å². The quantitative estimate of drug-likeness (QED) is 0.425. The maximum atomic E-state index is 13.7. The number of hydrogen-bond donors (Lipinski definition) is 1. The van der Waals surface area contributed by atoms with Crippen molar-refractivity contribution in [3.8, 4) is 11.5 Å². The predicted molar refractivity (Wildman–Crippen MR) is 150 cm³/mol. The molecule has 5 rings (SSSR count). The lowest BCUT2D eigenvalue weighted by Gasteiger charge is -2.52. The molecule has 6 nitrogen and oxygen atoms in total. The van der Waals surface area contributed by atoms with E-state index in [-0.39, 0.29) is 23.7 Å². The molecule has 2 aromatic rings. The van der Waals surface area contributed by atoms with Gasteiger partial charge < -0.3 is 15.0 Å². The van der Waals surface area contributed by atoms with E-state index in [9.17, 15) is 14.0 Å². The highest BCUT2D eigenvalue weighted by Gasteiger charge is 2.53. The standard InChI is InChI=1S/C32H42FN3O3/c1-2-3-19-36-30(37)29(22-24-7-5-4-6-8-24)34-31(38)32(36)17-20-35(21-18-32)23-25-9-13-27(14-10-25)39-28-15-11-26(33)12-16-28/h9-16,24,29H,2-8,17-23H2,1H3,(H,34,38). The van der Waals surface area contributed by atoms with Gasteiger partial charge in [-0.2, -0.15) is 0 Å². The van der Waals surface area contributed by atoms with Gasteiger partial charge in [0.15, 0.2) is 0 Å². The number of nitrogens with one attached hydrogen (secondary N) is 1. The minimum Gasteiger partial charge on any atom is -0.457 e. The van der Waals surface area contributed by atoms with E-state index in [0.717, 1.165) is 44.5 Å². The van der Waals surface area contributed by atoms with Crippen LogP contribution in [0, 0.1) is 11.7 Å². The zero-order chi connectivity index (χ0) is 27.2. The van der Waals surface area contributed by atoms with Crippen molar-refractivity contribution in [1.29, 1.82) is 0 Å². The molecule has 0 radical (unpaired) electrons. The Kier molecular flexibility index (Phi) is 8.85. The molecule has 210 valence electrons. The summed E-state index contributed by atoms with van der Waals surface area (Å²) in [6, 6.07) is 13.6. The molecular formula is C32H42FN3O3. The molecule has 1 spiro atoms. The summed E-state index contributed by atoms with van der Waals surface area (Å²) < 4.78 is 19.0. The van der Waals surface area contributed by atoms with Gasteiger partial charge in [0.1, 0.15) is 28.9 Å². The first-order chi connectivity index (χ1) is 19.0. The number of piperazine rings is 1. The highest BCUT2D eigenvalue weighted by Crippen LogP contribution is 2.36. The largest absolute Gasteiger partial charge is 0.457 e. The lowest BCUT2D eigenvalue weighted by atomic mass is 9.79. The van der Waals surface area contributed by atoms with E-state index in [2.05, 4.69) is 17.1 Å². The van der Waals surface area contributed by atoms with Crippen LogP contribution in [0.5, 0.6) is 11.5 Å². The summed E-state index contributed by atoms with van der Waals surface area (Å²) in [6.45, 7) is 5.12. The first-order valence-electron chi connectivity index (χ1n) is 14.8. The van der Waals surface area contributed by atoms with Crippen molar-refractivity contribution in [3.63, 3.8) is 0 Å². The number of nitrogens with zero attached hydrogens (tertiary/aromatic N) is 2. The van der Waals surface area contributed by atoms with Crippen LogP contribution in [0.1, 0.15) is 76.7 Å². The topological polar surface area (TPSA) is 61.9 Å². The number of amides is 2. The molecule has 7 heteroatoms. The van der Waals surface area contributed by atoms with Crippen LogP contribution in [0.15, 0.2) is 48.5 Å². The van der Waals surface area contributed by atoms with Crippen LogP contribution in [0.3, 0.4) is 0 Å². The summed E-state index contributed by atoms with van der Waals surface area (Å²) in [4.78, 5) is 31.7. The van der Waals surface area contributed by atoms with Gasteiger partial charge >= 0.3 is 0 Å². The first-order valence-corrected chi connectivity index (χ1v) is 14.8. The normalized spacial score (nSPS) is 22.2. The summed E-state index contributed by atoms with van der Waals surface area (Å²) in [7, 11) is 0. The van der Waals surface area contributed by atoms with Gasteiger partial charge in [-0.05, 0) is 73.6 Å². The van der Waals surface area contributed by atoms with Gasteiger partial charge in [0.05, 0.1) is 0 Å². The van der Waals surface area contributed by atoms with Crippen molar-refractivity contribution in [1.82, 2.24) is 15.1 Å². The Labute approximate surface area is 231 Å². The lowest BCUT2D eigenvalue weighted by molar-refractivity contribution is -0.162. The van der Waals surface area contributed by atoms with Crippen LogP contribution in [0.4, 0.5) is 4.39 Å². The zero-order valence-electron chi connectivity index (χ0n) is 23.2. The minimum absolute atomic E-state index is 0.0564. The van der Waals surface area contributed by atoms with Gasteiger partial charge in [-0.1, -0.05) is 57.6 Å². The fourth-order valence-electron chi connectivity index (χ4n) is 6.57. The number of halogens is 1. The Morgan fingerprint density at radius 2 is 1.59 bits per heavy atom. The lowest BCUT2D eigenvalue weighted by Crippen LogP contribution is -2.73. The van der Waals surface area contributed by atoms with Crippen LogP contribution >= 0.6 is 0 Å². The van der Waals surface area contributed by atoms with Crippen LogP contribution in [0.25, 0.3) is 0 Å². The number of ether oxygens (including phenoxy) is 1. The number of carbonyl (C=O) groups is 2. The highest BCUT2D eigenvalue weighted by atomic mass is 19.1. The molecule has 2 saturated heterocycles. The third-order valence-electron chi connectivity index (χ3n) is 8.90. The molecule has 3 aliphatic rings. The van der Waals surface area contributed by atoms with E-state index < -0.39 is 5.54 Å². The van der Waals surface area contributed by atoms with E-state index in [1.807, 2.05) is 29.2 Å². The number of rotatable bonds is 9. The Bertz CT molecular complexity index is 1110. The molecule has 3 fully saturated rings. The van der Waals surface area contributed by atoms with Crippen molar-refractivity contribution < 1.29 is 18.7 Å². The molecular weight excluding hydrogens is 493 g/mol. The number of unbranched alkanes of at least 4 members (excludes halogenated alkanes) is 1. The molecule has 2 amide bonds. The molecule has 1 N–H and O–H groups in total. The van der Waals surface area contributed by atoms with Gasteiger partial charge in [0.25, 0.3) is 0 Å². The molecule has 39 heavy (non-hydrogen) atoms. The molecule has 2 heterocycles. The predicted octanol–water partition coefficient (Wildman–Crippen LogP) is 6.05. The number of benzene rings is 2. The van der Waals surface area contributed by atoms with Crippen molar-refractivity contribution >= 4 is 11.8 Å². The summed E-state index contributed by atoms with van der Waals surface area (Å²) in [5.74, 6) is 1.75. The molecule has 2 aromatic carbocycles. The summed E-state index contributed by atoms with van der Waals surface area (Å²) >= 11 is 0. The highest BCUT2D eigenvalue weighted by molar-refractivity contribution is 6.00. The maximum Gasteiger partial charge on any atom is 0.246 e. The monoisotopic (exact) mass is 535 g/mol. The van der Waals surface area contributed by atoms with Crippen molar-refractivity contribution in [2.24, 2.45) is 5.92 Å². The third-order valence-corrected chi connectivity index (χ3v) is 8.90. The number of piperidine rings is 1. The average Bonchev–Trinajstić information content (AvgIpc) is 2.96. The smallest absolute Gasteiger partial charge is 0.246 e. The average molecular weight is 536 g/mol. The number of carbonyl (C=O) groups excluding carboxylic acids is 2. The fraction of sp³-hybridized carbons (Fsp3) is 0.562. The molecule has 1 saturated carbocycles. The second kappa shape index (κ2) is 12.5. The summed E-state index contributed by atoms with van der Waals surface area (Å²) in [5.41, 5.74) is 0.440. The molecule has 0 aromatic heterocycles. The van der Waals surface area contributed by atoms with Gasteiger partial charge in [-0.15, -0.1) is 0 Å². The van der Waals surface area contributed by atoms with Crippen LogP contribution in [-0.4, -0.2) is 52.8 Å². The Balaban J connectivity index is 1.19. The molecule has 0 bridgehead atoms. The van der Waals surface area contributed by atoms with Gasteiger partial charge in [-0.25, -0.2) is 4.39 Å². The number of likely N-dealkylation sites (tertiary alicyclic amines) is 1. The SMILES string of the molecule is CCCCN1C(=O)C(CC2CCCCC2)NC(=O)C12CCN(Cc1ccc(Oc3ccc(F)cc3)cc1)CC2. The van der Waals surface area contributed by atoms with Gasteiger partial charge in [-0.3, -0.25) is 14.5 Å². The van der Waals surface area contributed by atoms with Gasteiger partial charge in [0.2, 0.25) is 11.8 Å². The fourth-order valence-corrected chi connectivity index (χ4v) is 6.57. The van der Waals surface area contributed by atoms with E-state index in [1.54, 1.807) is 12.1 Å². The second-order valence-corrected chi connectivity index (χ2v) is 11.6. The van der Waals surface area contributed by atoms with Crippen molar-refractivity contribution in [2.75, 3.05) is 19.6 Å². The first kappa shape index (κ1) is 27.6. The van der Waals surface area contributed by atoms with Crippen LogP contribution in [-0.2, 0) is 16.1 Å². The van der Waals surface area contributed by atoms with Gasteiger partial charge in [0, 0.05) is 26.2 Å². The summed E-state index contributed by atoms with van der Waals surface area (Å²) in [5, 5.41) is 3.19. The van der Waals surface area contributed by atoms with E-state index in [4.69, 9.17) is 4.74 Å². The van der Waals surface area contributed by atoms with Crippen molar-refractivity contribution in [3.05, 3.63) is 59.9 Å². The maximum absolute atomic E-state index is 13.7. The Hall–Kier alpha value is -2.93. The summed E-state index contributed by atoms with van der Waals surface area (Å²) in [6.07, 6.45) is 10.2. The van der Waals surface area contributed by atoms with Crippen LogP contribution < -0.4 is 10.1 Å². The minimum atomic E-state index is -0.724. The Morgan fingerprint density at radius 1 is 0.949 bits per heavy atom. The van der Waals surface area contributed by atoms with E-state index in [1.165, 1.54) is 44.2 Å². The molecule has 1 aliphatic carbocycles. The number of hydrogen-bond acceptors (Lipinski definition) is 4. The molecule has 1 atom stereocenters. The second-order valence-electron chi connectivity index (χ2n) is 11.6. The van der Waals surface area contributed by atoms with E-state index >= 15 is 0 Å². The van der Waals surface area contributed by atoms with Crippen molar-refractivity contribution in [2.45, 2.75) is 89.3 Å². The Morgan fingerprint density at radius 3 is 2.23 bits per heavy atom. The molecule has 1 unspecified atom stereocenters. The molecule has 2 aliphatic heterocycles.